The third-order valence-electron chi connectivity index (χ3n) is 5.32. The zero-order valence-electron chi connectivity index (χ0n) is 14.2. The summed E-state index contributed by atoms with van der Waals surface area (Å²) in [5, 5.41) is 0. The maximum atomic E-state index is 4.33. The van der Waals surface area contributed by atoms with E-state index >= 15 is 0 Å². The van der Waals surface area contributed by atoms with E-state index in [1.54, 1.807) is 0 Å². The van der Waals surface area contributed by atoms with E-state index in [0.717, 1.165) is 5.57 Å². The highest BCUT2D eigenvalue weighted by Gasteiger charge is 2.36. The van der Waals surface area contributed by atoms with Crippen molar-refractivity contribution in [2.24, 2.45) is 0 Å². The largest absolute Gasteiger partial charge is 0.0906 e. The highest BCUT2D eigenvalue weighted by atomic mass is 14.4. The van der Waals surface area contributed by atoms with Gasteiger partial charge in [0.1, 0.15) is 0 Å². The van der Waals surface area contributed by atoms with Gasteiger partial charge in [0, 0.05) is 0 Å². The Morgan fingerprint density at radius 1 is 0.773 bits per heavy atom. The molecule has 3 rings (SSSR count). The van der Waals surface area contributed by atoms with E-state index in [-0.39, 0.29) is 10.8 Å². The first kappa shape index (κ1) is 15.1. The summed E-state index contributed by atoms with van der Waals surface area (Å²) in [6.07, 6.45) is 2.50. The smallest absolute Gasteiger partial charge is 0.0100 e. The molecule has 0 bridgehead atoms. The Labute approximate surface area is 134 Å². The molecule has 0 heterocycles. The molecule has 1 aliphatic carbocycles. The fourth-order valence-corrected chi connectivity index (χ4v) is 3.58. The summed E-state index contributed by atoms with van der Waals surface area (Å²) in [4.78, 5) is 0. The van der Waals surface area contributed by atoms with Crippen LogP contribution in [0.25, 0.3) is 5.57 Å². The lowest BCUT2D eigenvalue weighted by molar-refractivity contribution is 0.332. The van der Waals surface area contributed by atoms with Crippen molar-refractivity contribution in [2.45, 2.75) is 51.4 Å². The Kier molecular flexibility index (Phi) is 3.51. The summed E-state index contributed by atoms with van der Waals surface area (Å²) >= 11 is 0. The van der Waals surface area contributed by atoms with Gasteiger partial charge in [-0.2, -0.15) is 0 Å². The molecular weight excluding hydrogens is 264 g/mol. The first-order valence-corrected chi connectivity index (χ1v) is 8.21. The van der Waals surface area contributed by atoms with E-state index in [4.69, 9.17) is 0 Å². The Hall–Kier alpha value is -1.82. The molecule has 0 aliphatic heterocycles. The van der Waals surface area contributed by atoms with Crippen LogP contribution in [-0.2, 0) is 10.8 Å². The molecule has 0 fully saturated rings. The van der Waals surface area contributed by atoms with E-state index in [0.29, 0.717) is 0 Å². The standard InChI is InChI=1S/C22H26/c1-16(17-9-7-6-8-10-17)18-11-12-19-20(15-18)22(4,5)14-13-21(19,2)3/h6-12,15H,1,13-14H2,2-5H3. The average Bonchev–Trinajstić information content (AvgIpc) is 2.52. The van der Waals surface area contributed by atoms with Gasteiger partial charge in [-0.25, -0.2) is 0 Å². The Balaban J connectivity index is 2.09. The highest BCUT2D eigenvalue weighted by molar-refractivity contribution is 5.78. The second kappa shape index (κ2) is 5.12. The summed E-state index contributed by atoms with van der Waals surface area (Å²) < 4.78 is 0. The first-order chi connectivity index (χ1) is 10.3. The second-order valence-electron chi connectivity index (χ2n) is 7.87. The van der Waals surface area contributed by atoms with Crippen LogP contribution in [0.15, 0.2) is 55.1 Å². The molecule has 0 aromatic heterocycles. The molecule has 0 radical (unpaired) electrons. The molecule has 1 aliphatic rings. The van der Waals surface area contributed by atoms with E-state index < -0.39 is 0 Å². The summed E-state index contributed by atoms with van der Waals surface area (Å²) in [7, 11) is 0. The van der Waals surface area contributed by atoms with E-state index in [1.807, 2.05) is 0 Å². The molecule has 0 saturated carbocycles. The molecule has 22 heavy (non-hydrogen) atoms. The van der Waals surface area contributed by atoms with Crippen molar-refractivity contribution in [2.75, 3.05) is 0 Å². The van der Waals surface area contributed by atoms with Gasteiger partial charge in [-0.1, -0.05) is 82.8 Å². The van der Waals surface area contributed by atoms with Crippen molar-refractivity contribution in [3.63, 3.8) is 0 Å². The van der Waals surface area contributed by atoms with Gasteiger partial charge >= 0.3 is 0 Å². The van der Waals surface area contributed by atoms with Gasteiger partial charge in [-0.3, -0.25) is 0 Å². The van der Waals surface area contributed by atoms with Crippen molar-refractivity contribution in [3.05, 3.63) is 77.4 Å². The summed E-state index contributed by atoms with van der Waals surface area (Å²) in [6.45, 7) is 13.8. The lowest BCUT2D eigenvalue weighted by Gasteiger charge is -2.42. The summed E-state index contributed by atoms with van der Waals surface area (Å²) in [6, 6.07) is 17.4. The Bertz CT molecular complexity index is 702. The molecule has 0 nitrogen and oxygen atoms in total. The molecule has 0 spiro atoms. The fraction of sp³-hybridized carbons (Fsp3) is 0.364. The van der Waals surface area contributed by atoms with Gasteiger partial charge in [0.25, 0.3) is 0 Å². The van der Waals surface area contributed by atoms with Crippen LogP contribution in [0.2, 0.25) is 0 Å². The number of benzene rings is 2. The molecular formula is C22H26. The molecule has 0 unspecified atom stereocenters. The number of fused-ring (bicyclic) bond motifs is 1. The maximum absolute atomic E-state index is 4.33. The molecule has 2 aromatic carbocycles. The van der Waals surface area contributed by atoms with Crippen molar-refractivity contribution in [1.82, 2.24) is 0 Å². The SMILES string of the molecule is C=C(c1ccccc1)c1ccc2c(c1)C(C)(C)CCC2(C)C. The molecule has 0 N–H and O–H groups in total. The van der Waals surface area contributed by atoms with Gasteiger partial charge in [0.05, 0.1) is 0 Å². The minimum atomic E-state index is 0.248. The minimum absolute atomic E-state index is 0.248. The number of hydrogen-bond donors (Lipinski definition) is 0. The first-order valence-electron chi connectivity index (χ1n) is 8.21. The molecule has 114 valence electrons. The Morgan fingerprint density at radius 3 is 2.00 bits per heavy atom. The third-order valence-corrected chi connectivity index (χ3v) is 5.32. The van der Waals surface area contributed by atoms with E-state index in [1.165, 1.54) is 35.1 Å². The molecule has 0 atom stereocenters. The van der Waals surface area contributed by atoms with Crippen LogP contribution in [0.4, 0.5) is 0 Å². The van der Waals surface area contributed by atoms with Crippen LogP contribution in [0.1, 0.15) is 62.8 Å². The highest BCUT2D eigenvalue weighted by Crippen LogP contribution is 2.46. The second-order valence-corrected chi connectivity index (χ2v) is 7.87. The molecule has 2 aromatic rings. The van der Waals surface area contributed by atoms with Gasteiger partial charge in [-0.05, 0) is 51.5 Å². The minimum Gasteiger partial charge on any atom is -0.0906 e. The normalized spacial score (nSPS) is 18.5. The topological polar surface area (TPSA) is 0 Å². The predicted molar refractivity (Wildman–Crippen MR) is 96.3 cm³/mol. The number of rotatable bonds is 2. The quantitative estimate of drug-likeness (QED) is 0.627. The summed E-state index contributed by atoms with van der Waals surface area (Å²) in [5.41, 5.74) is 7.09. The van der Waals surface area contributed by atoms with E-state index in [2.05, 4.69) is 82.8 Å². The van der Waals surface area contributed by atoms with Crippen molar-refractivity contribution in [3.8, 4) is 0 Å². The van der Waals surface area contributed by atoms with Gasteiger partial charge in [0.15, 0.2) is 0 Å². The van der Waals surface area contributed by atoms with Crippen LogP contribution in [0, 0.1) is 0 Å². The van der Waals surface area contributed by atoms with Crippen LogP contribution in [-0.4, -0.2) is 0 Å². The van der Waals surface area contributed by atoms with Gasteiger partial charge in [0.2, 0.25) is 0 Å². The lowest BCUT2D eigenvalue weighted by Crippen LogP contribution is -2.33. The van der Waals surface area contributed by atoms with Crippen LogP contribution < -0.4 is 0 Å². The summed E-state index contributed by atoms with van der Waals surface area (Å²) in [5.74, 6) is 0. The predicted octanol–water partition coefficient (Wildman–Crippen LogP) is 6.10. The van der Waals surface area contributed by atoms with Crippen LogP contribution in [0.5, 0.6) is 0 Å². The van der Waals surface area contributed by atoms with Crippen molar-refractivity contribution >= 4 is 5.57 Å². The Morgan fingerprint density at radius 2 is 1.36 bits per heavy atom. The van der Waals surface area contributed by atoms with Crippen LogP contribution in [0.3, 0.4) is 0 Å². The van der Waals surface area contributed by atoms with Gasteiger partial charge < -0.3 is 0 Å². The maximum Gasteiger partial charge on any atom is -0.0100 e. The third kappa shape index (κ3) is 2.52. The molecule has 0 amide bonds. The molecule has 0 saturated heterocycles. The van der Waals surface area contributed by atoms with Crippen molar-refractivity contribution < 1.29 is 0 Å². The average molecular weight is 290 g/mol. The fourth-order valence-electron chi connectivity index (χ4n) is 3.58. The lowest BCUT2D eigenvalue weighted by atomic mass is 9.63. The zero-order valence-corrected chi connectivity index (χ0v) is 14.2. The van der Waals surface area contributed by atoms with Gasteiger partial charge in [-0.15, -0.1) is 0 Å². The molecule has 0 heteroatoms. The number of hydrogen-bond acceptors (Lipinski definition) is 0. The van der Waals surface area contributed by atoms with Crippen LogP contribution >= 0.6 is 0 Å². The van der Waals surface area contributed by atoms with E-state index in [9.17, 15) is 0 Å². The monoisotopic (exact) mass is 290 g/mol. The zero-order chi connectivity index (χ0) is 16.0. The van der Waals surface area contributed by atoms with Crippen molar-refractivity contribution in [1.29, 1.82) is 0 Å².